The number of benzene rings is 2. The minimum Gasteiger partial charge on any atom is -0.462 e. The lowest BCUT2D eigenvalue weighted by molar-refractivity contribution is -0.128. The van der Waals surface area contributed by atoms with Gasteiger partial charge in [0, 0.05) is 53.9 Å². The van der Waals surface area contributed by atoms with Crippen molar-refractivity contribution in [3.05, 3.63) is 65.6 Å². The highest BCUT2D eigenvalue weighted by molar-refractivity contribution is 6.36. The predicted molar refractivity (Wildman–Crippen MR) is 169 cm³/mol. The topological polar surface area (TPSA) is 98.5 Å². The molecule has 0 spiro atoms. The molecule has 1 amide bonds. The van der Waals surface area contributed by atoms with E-state index in [-0.39, 0.29) is 48.7 Å². The number of fused-ring (bicyclic) bond motifs is 2. The Hall–Kier alpha value is -4.40. The van der Waals surface area contributed by atoms with Gasteiger partial charge in [-0.3, -0.25) is 9.78 Å². The molecular weight excluding hydrogens is 600 g/mol. The highest BCUT2D eigenvalue weighted by Gasteiger charge is 2.32. The molecule has 2 aromatic heterocycles. The third-order valence-corrected chi connectivity index (χ3v) is 8.89. The number of piperazine rings is 1. The molecule has 232 valence electrons. The summed E-state index contributed by atoms with van der Waals surface area (Å²) in [5.41, 5.74) is 0.685. The lowest BCUT2D eigenvalue weighted by Crippen LogP contribution is -2.55. The van der Waals surface area contributed by atoms with Crippen LogP contribution in [0.4, 0.5) is 14.6 Å². The summed E-state index contributed by atoms with van der Waals surface area (Å²) in [5.74, 6) is -0.598. The summed E-state index contributed by atoms with van der Waals surface area (Å²) >= 11 is 6.57. The Morgan fingerprint density at radius 1 is 1.18 bits per heavy atom. The molecule has 9 nitrogen and oxygen atoms in total. The van der Waals surface area contributed by atoms with E-state index in [1.54, 1.807) is 23.2 Å². The number of likely N-dealkylation sites (tertiary alicyclic amines) is 1. The number of hydrogen-bond donors (Lipinski definition) is 0. The Kier molecular flexibility index (Phi) is 9.05. The smallest absolute Gasteiger partial charge is 0.319 e. The molecule has 6 rings (SSSR count). The van der Waals surface area contributed by atoms with Crippen LogP contribution in [-0.4, -0.2) is 89.3 Å². The number of allylic oxidation sites excluding steroid dienone is 1. The molecular formula is C33H32ClF2N7O2. The zero-order valence-corrected chi connectivity index (χ0v) is 25.6. The minimum absolute atomic E-state index is 0.0334. The van der Waals surface area contributed by atoms with Gasteiger partial charge in [-0.2, -0.15) is 15.2 Å². The number of likely N-dealkylation sites (N-methyl/N-ethyl adjacent to an activating group) is 1. The molecule has 0 N–H and O–H groups in total. The van der Waals surface area contributed by atoms with E-state index in [2.05, 4.69) is 20.9 Å². The van der Waals surface area contributed by atoms with Crippen LogP contribution in [0.2, 0.25) is 5.02 Å². The van der Waals surface area contributed by atoms with E-state index in [4.69, 9.17) is 21.3 Å². The highest BCUT2D eigenvalue weighted by atomic mass is 35.5. The summed E-state index contributed by atoms with van der Waals surface area (Å²) in [6, 6.07) is 12.9. The lowest BCUT2D eigenvalue weighted by Gasteiger charge is -2.41. The first-order valence-electron chi connectivity index (χ1n) is 14.9. The van der Waals surface area contributed by atoms with Crippen molar-refractivity contribution in [2.45, 2.75) is 31.3 Å². The lowest BCUT2D eigenvalue weighted by atomic mass is 10.0. The second kappa shape index (κ2) is 13.3. The fourth-order valence-corrected chi connectivity index (χ4v) is 6.51. The molecule has 2 unspecified atom stereocenters. The minimum atomic E-state index is -0.757. The first-order chi connectivity index (χ1) is 21.9. The van der Waals surface area contributed by atoms with Crippen LogP contribution in [0.15, 0.2) is 54.7 Å². The van der Waals surface area contributed by atoms with Crippen LogP contribution in [0.25, 0.3) is 32.9 Å². The molecule has 4 heterocycles. The van der Waals surface area contributed by atoms with E-state index in [9.17, 15) is 14.4 Å². The molecule has 2 fully saturated rings. The van der Waals surface area contributed by atoms with Crippen molar-refractivity contribution < 1.29 is 18.3 Å². The Bertz CT molecular complexity index is 1810. The zero-order valence-electron chi connectivity index (χ0n) is 24.8. The molecule has 0 aliphatic carbocycles. The Morgan fingerprint density at radius 2 is 2.00 bits per heavy atom. The molecule has 4 aromatic rings. The summed E-state index contributed by atoms with van der Waals surface area (Å²) in [6.45, 7) is 1.42. The van der Waals surface area contributed by atoms with Crippen molar-refractivity contribution in [3.63, 3.8) is 0 Å². The van der Waals surface area contributed by atoms with Crippen molar-refractivity contribution in [2.75, 3.05) is 51.4 Å². The average molecular weight is 632 g/mol. The fraction of sp³-hybridized carbons (Fsp3) is 0.364. The van der Waals surface area contributed by atoms with Gasteiger partial charge in [0.1, 0.15) is 30.3 Å². The van der Waals surface area contributed by atoms with Crippen LogP contribution in [0, 0.1) is 17.1 Å². The van der Waals surface area contributed by atoms with Crippen LogP contribution in [0.3, 0.4) is 0 Å². The standard InChI is InChI=1S/C33H32ClF2N7O2/c1-41-15-5-8-23(41)20-45-33-39-31-25(18-38-30(29(31)36)24-9-2-6-21-7-3-10-26(34)28(21)24)32(40-33)42-16-17-43(22(19-42)12-14-37)27(44)11-4-13-35/h2-4,6-7,9-11,18,22-23H,5,8,12-13,15-17,19-20H2,1H3/b11-4+. The van der Waals surface area contributed by atoms with Crippen LogP contribution >= 0.6 is 11.6 Å². The highest BCUT2D eigenvalue weighted by Crippen LogP contribution is 2.37. The molecule has 0 radical (unpaired) electrons. The van der Waals surface area contributed by atoms with Crippen molar-refractivity contribution in [2.24, 2.45) is 0 Å². The maximum absolute atomic E-state index is 16.6. The van der Waals surface area contributed by atoms with Crippen LogP contribution in [0.5, 0.6) is 6.01 Å². The largest absolute Gasteiger partial charge is 0.462 e. The SMILES string of the molecule is CN1CCCC1COc1nc(N2CCN(C(=O)/C=C/CF)C(CC#N)C2)c2cnc(-c3cccc4cccc(Cl)c34)c(F)c2n1. The third-order valence-electron chi connectivity index (χ3n) is 8.57. The third kappa shape index (κ3) is 6.13. The van der Waals surface area contributed by atoms with Crippen molar-refractivity contribution in [1.29, 1.82) is 5.26 Å². The van der Waals surface area contributed by atoms with Gasteiger partial charge in [-0.25, -0.2) is 8.78 Å². The van der Waals surface area contributed by atoms with E-state index in [1.807, 2.05) is 36.2 Å². The molecule has 0 saturated carbocycles. The molecule has 12 heteroatoms. The summed E-state index contributed by atoms with van der Waals surface area (Å²) in [5, 5.41) is 11.9. The van der Waals surface area contributed by atoms with Crippen LogP contribution in [0.1, 0.15) is 19.3 Å². The van der Waals surface area contributed by atoms with E-state index in [0.29, 0.717) is 40.3 Å². The Balaban J connectivity index is 1.43. The summed E-state index contributed by atoms with van der Waals surface area (Å²) < 4.78 is 35.4. The quantitative estimate of drug-likeness (QED) is 0.233. The molecule has 2 saturated heterocycles. The molecule has 2 aliphatic heterocycles. The number of ether oxygens (including phenoxy) is 1. The summed E-state index contributed by atoms with van der Waals surface area (Å²) in [6.07, 6.45) is 5.99. The van der Waals surface area contributed by atoms with Crippen molar-refractivity contribution >= 4 is 45.0 Å². The zero-order chi connectivity index (χ0) is 31.5. The van der Waals surface area contributed by atoms with Gasteiger partial charge in [0.15, 0.2) is 5.82 Å². The van der Waals surface area contributed by atoms with Crippen molar-refractivity contribution in [1.82, 2.24) is 24.8 Å². The maximum atomic E-state index is 16.6. The molecule has 2 aliphatic rings. The number of hydrogen-bond acceptors (Lipinski definition) is 8. The Morgan fingerprint density at radius 3 is 2.76 bits per heavy atom. The summed E-state index contributed by atoms with van der Waals surface area (Å²) in [7, 11) is 2.04. The number of carbonyl (C=O) groups excluding carboxylic acids is 1. The predicted octanol–water partition coefficient (Wildman–Crippen LogP) is 5.57. The second-order valence-corrected chi connectivity index (χ2v) is 11.7. The number of rotatable bonds is 8. The monoisotopic (exact) mass is 631 g/mol. The van der Waals surface area contributed by atoms with Gasteiger partial charge in [0.25, 0.3) is 0 Å². The molecule has 45 heavy (non-hydrogen) atoms. The Labute approximate surface area is 264 Å². The van der Waals surface area contributed by atoms with Crippen LogP contribution in [-0.2, 0) is 4.79 Å². The van der Waals surface area contributed by atoms with Gasteiger partial charge < -0.3 is 19.4 Å². The van der Waals surface area contributed by atoms with Crippen LogP contribution < -0.4 is 9.64 Å². The number of pyridine rings is 1. The van der Waals surface area contributed by atoms with E-state index >= 15 is 4.39 Å². The number of nitrogens with zero attached hydrogens (tertiary/aromatic N) is 7. The van der Waals surface area contributed by atoms with Crippen molar-refractivity contribution in [3.8, 4) is 23.3 Å². The van der Waals surface area contributed by atoms with Gasteiger partial charge in [-0.05, 0) is 44.0 Å². The first kappa shape index (κ1) is 30.6. The van der Waals surface area contributed by atoms with E-state index in [0.717, 1.165) is 30.8 Å². The number of anilines is 1. The maximum Gasteiger partial charge on any atom is 0.319 e. The van der Waals surface area contributed by atoms with Gasteiger partial charge in [-0.1, -0.05) is 41.9 Å². The van der Waals surface area contributed by atoms with E-state index in [1.165, 1.54) is 6.08 Å². The number of amides is 1. The van der Waals surface area contributed by atoms with Gasteiger partial charge in [0.2, 0.25) is 5.91 Å². The molecule has 0 bridgehead atoms. The molecule has 2 atom stereocenters. The van der Waals surface area contributed by atoms with Gasteiger partial charge in [0.05, 0.1) is 23.9 Å². The fourth-order valence-electron chi connectivity index (χ4n) is 6.23. The van der Waals surface area contributed by atoms with E-state index < -0.39 is 18.5 Å². The number of nitriles is 1. The summed E-state index contributed by atoms with van der Waals surface area (Å²) in [4.78, 5) is 32.3. The molecule has 2 aromatic carbocycles. The first-order valence-corrected chi connectivity index (χ1v) is 15.3. The number of halogens is 3. The normalized spacial score (nSPS) is 19.1. The number of aromatic nitrogens is 3. The number of alkyl halides is 1. The second-order valence-electron chi connectivity index (χ2n) is 11.3. The van der Waals surface area contributed by atoms with Gasteiger partial charge >= 0.3 is 6.01 Å². The average Bonchev–Trinajstić information content (AvgIpc) is 3.47. The van der Waals surface area contributed by atoms with Gasteiger partial charge in [-0.15, -0.1) is 0 Å². The number of carbonyl (C=O) groups is 1.